The second kappa shape index (κ2) is 9.74. The van der Waals surface area contributed by atoms with Gasteiger partial charge in [-0.05, 0) is 74.7 Å². The Morgan fingerprint density at radius 2 is 1.79 bits per heavy atom. The highest BCUT2D eigenvalue weighted by Gasteiger charge is 2.22. The number of halogens is 1. The van der Waals surface area contributed by atoms with Crippen molar-refractivity contribution in [2.24, 2.45) is 5.92 Å². The molecule has 7 heteroatoms. The van der Waals surface area contributed by atoms with Gasteiger partial charge in [-0.1, -0.05) is 29.8 Å². The average Bonchev–Trinajstić information content (AvgIpc) is 2.70. The number of hydrogen-bond acceptors (Lipinski definition) is 4. The van der Waals surface area contributed by atoms with Crippen molar-refractivity contribution in [2.45, 2.75) is 31.2 Å². The second-order valence-corrected chi connectivity index (χ2v) is 9.24. The largest absolute Gasteiger partial charge is 0.494 e. The predicted octanol–water partition coefficient (Wildman–Crippen LogP) is 3.93. The summed E-state index contributed by atoms with van der Waals surface area (Å²) in [6, 6.07) is 14.5. The maximum atomic E-state index is 12.5. The zero-order valence-electron chi connectivity index (χ0n) is 16.1. The summed E-state index contributed by atoms with van der Waals surface area (Å²) in [5.74, 6) is 1.02. The quantitative estimate of drug-likeness (QED) is 0.700. The number of sulfonamides is 1. The first-order chi connectivity index (χ1) is 13.5. The van der Waals surface area contributed by atoms with Gasteiger partial charge in [0.05, 0.1) is 11.5 Å². The lowest BCUT2D eigenvalue weighted by Gasteiger charge is -2.32. The molecule has 1 saturated heterocycles. The lowest BCUT2D eigenvalue weighted by Crippen LogP contribution is -2.38. The van der Waals surface area contributed by atoms with E-state index >= 15 is 0 Å². The van der Waals surface area contributed by atoms with Gasteiger partial charge in [0.15, 0.2) is 0 Å². The van der Waals surface area contributed by atoms with Crippen LogP contribution in [-0.4, -0.2) is 39.6 Å². The molecule has 0 radical (unpaired) electrons. The van der Waals surface area contributed by atoms with E-state index in [2.05, 4.69) is 15.7 Å². The van der Waals surface area contributed by atoms with E-state index in [1.54, 1.807) is 24.3 Å². The van der Waals surface area contributed by atoms with Crippen LogP contribution in [0.25, 0.3) is 0 Å². The van der Waals surface area contributed by atoms with Gasteiger partial charge in [-0.15, -0.1) is 0 Å². The molecule has 5 nitrogen and oxygen atoms in total. The fraction of sp³-hybridized carbons (Fsp3) is 0.429. The molecule has 28 heavy (non-hydrogen) atoms. The van der Waals surface area contributed by atoms with E-state index in [0.717, 1.165) is 43.1 Å². The number of ether oxygens (including phenoxy) is 1. The molecule has 2 aromatic rings. The van der Waals surface area contributed by atoms with E-state index in [9.17, 15) is 8.42 Å². The third-order valence-electron chi connectivity index (χ3n) is 5.07. The van der Waals surface area contributed by atoms with Crippen molar-refractivity contribution in [3.05, 3.63) is 59.1 Å². The minimum absolute atomic E-state index is 0.270. The summed E-state index contributed by atoms with van der Waals surface area (Å²) >= 11 is 6.25. The molecule has 3 rings (SSSR count). The van der Waals surface area contributed by atoms with Crippen LogP contribution in [0.2, 0.25) is 5.02 Å². The Labute approximate surface area is 172 Å². The third kappa shape index (κ3) is 5.70. The van der Waals surface area contributed by atoms with Crippen molar-refractivity contribution >= 4 is 21.6 Å². The van der Waals surface area contributed by atoms with Crippen LogP contribution in [0.15, 0.2) is 53.4 Å². The molecular formula is C21H27ClN2O3S. The fourth-order valence-electron chi connectivity index (χ4n) is 3.41. The molecule has 0 saturated carbocycles. The first-order valence-electron chi connectivity index (χ1n) is 9.66. The molecule has 0 unspecified atom stereocenters. The SMILES string of the molecule is CCOc1ccc(S(=O)(=O)NCC2CCN(Cc3ccccc3Cl)CC2)cc1. The van der Waals surface area contributed by atoms with Gasteiger partial charge in [0.1, 0.15) is 5.75 Å². The van der Waals surface area contributed by atoms with Gasteiger partial charge in [-0.2, -0.15) is 0 Å². The summed E-state index contributed by atoms with van der Waals surface area (Å²) in [6.07, 6.45) is 1.94. The maximum Gasteiger partial charge on any atom is 0.240 e. The molecule has 2 aromatic carbocycles. The van der Waals surface area contributed by atoms with Crippen molar-refractivity contribution in [2.75, 3.05) is 26.2 Å². The summed E-state index contributed by atoms with van der Waals surface area (Å²) < 4.78 is 33.1. The fourth-order valence-corrected chi connectivity index (χ4v) is 4.72. The summed E-state index contributed by atoms with van der Waals surface area (Å²) in [6.45, 7) is 5.65. The Balaban J connectivity index is 1.47. The van der Waals surface area contributed by atoms with Crippen LogP contribution in [0.5, 0.6) is 5.75 Å². The summed E-state index contributed by atoms with van der Waals surface area (Å²) in [7, 11) is -3.50. The number of hydrogen-bond donors (Lipinski definition) is 1. The van der Waals surface area contributed by atoms with E-state index < -0.39 is 10.0 Å². The number of benzene rings is 2. The smallest absolute Gasteiger partial charge is 0.240 e. The molecule has 0 spiro atoms. The van der Waals surface area contributed by atoms with Crippen LogP contribution in [0, 0.1) is 5.92 Å². The summed E-state index contributed by atoms with van der Waals surface area (Å²) in [4.78, 5) is 2.64. The van der Waals surface area contributed by atoms with Crippen molar-refractivity contribution in [1.29, 1.82) is 0 Å². The number of rotatable bonds is 8. The van der Waals surface area contributed by atoms with Gasteiger partial charge in [-0.3, -0.25) is 4.90 Å². The molecule has 0 amide bonds. The van der Waals surface area contributed by atoms with Gasteiger partial charge in [-0.25, -0.2) is 13.1 Å². The Hall–Kier alpha value is -1.60. The van der Waals surface area contributed by atoms with Gasteiger partial charge < -0.3 is 4.74 Å². The molecule has 0 aliphatic carbocycles. The lowest BCUT2D eigenvalue weighted by atomic mass is 9.97. The predicted molar refractivity (Wildman–Crippen MR) is 112 cm³/mol. The summed E-state index contributed by atoms with van der Waals surface area (Å²) in [5, 5.41) is 0.799. The van der Waals surface area contributed by atoms with Crippen LogP contribution in [0.1, 0.15) is 25.3 Å². The molecule has 152 valence electrons. The van der Waals surface area contributed by atoms with Gasteiger partial charge in [0.25, 0.3) is 0 Å². The first-order valence-corrected chi connectivity index (χ1v) is 11.5. The minimum atomic E-state index is -3.50. The van der Waals surface area contributed by atoms with Crippen LogP contribution in [-0.2, 0) is 16.6 Å². The summed E-state index contributed by atoms with van der Waals surface area (Å²) in [5.41, 5.74) is 1.14. The highest BCUT2D eigenvalue weighted by molar-refractivity contribution is 7.89. The molecule has 1 aliphatic heterocycles. The van der Waals surface area contributed by atoms with Crippen molar-refractivity contribution in [3.8, 4) is 5.75 Å². The van der Waals surface area contributed by atoms with E-state index in [-0.39, 0.29) is 4.90 Å². The van der Waals surface area contributed by atoms with Crippen molar-refractivity contribution in [3.63, 3.8) is 0 Å². The topological polar surface area (TPSA) is 58.6 Å². The minimum Gasteiger partial charge on any atom is -0.494 e. The highest BCUT2D eigenvalue weighted by Crippen LogP contribution is 2.22. The molecule has 1 heterocycles. The van der Waals surface area contributed by atoms with Gasteiger partial charge >= 0.3 is 0 Å². The van der Waals surface area contributed by atoms with Crippen molar-refractivity contribution < 1.29 is 13.2 Å². The zero-order chi connectivity index (χ0) is 20.0. The Morgan fingerprint density at radius 1 is 1.11 bits per heavy atom. The van der Waals surface area contributed by atoms with E-state index in [1.807, 2.05) is 25.1 Å². The number of piperidine rings is 1. The van der Waals surface area contributed by atoms with E-state index in [4.69, 9.17) is 16.3 Å². The standard InChI is InChI=1S/C21H27ClN2O3S/c1-2-27-19-7-9-20(10-8-19)28(25,26)23-15-17-11-13-24(14-12-17)16-18-5-3-4-6-21(18)22/h3-10,17,23H,2,11-16H2,1H3. The molecule has 0 aromatic heterocycles. The average molecular weight is 423 g/mol. The molecule has 1 fully saturated rings. The van der Waals surface area contributed by atoms with E-state index in [1.165, 1.54) is 0 Å². The second-order valence-electron chi connectivity index (χ2n) is 7.07. The van der Waals surface area contributed by atoms with Gasteiger partial charge in [0.2, 0.25) is 10.0 Å². The maximum absolute atomic E-state index is 12.5. The number of nitrogens with zero attached hydrogens (tertiary/aromatic N) is 1. The Kier molecular flexibility index (Phi) is 7.35. The molecule has 1 aliphatic rings. The molecule has 1 N–H and O–H groups in total. The monoisotopic (exact) mass is 422 g/mol. The molecular weight excluding hydrogens is 396 g/mol. The van der Waals surface area contributed by atoms with Crippen LogP contribution < -0.4 is 9.46 Å². The van der Waals surface area contributed by atoms with Crippen molar-refractivity contribution in [1.82, 2.24) is 9.62 Å². The van der Waals surface area contributed by atoms with Crippen LogP contribution in [0.4, 0.5) is 0 Å². The third-order valence-corrected chi connectivity index (χ3v) is 6.87. The number of nitrogens with one attached hydrogen (secondary N) is 1. The van der Waals surface area contributed by atoms with Crippen LogP contribution in [0.3, 0.4) is 0 Å². The lowest BCUT2D eigenvalue weighted by molar-refractivity contribution is 0.178. The molecule has 0 bridgehead atoms. The highest BCUT2D eigenvalue weighted by atomic mass is 35.5. The number of likely N-dealkylation sites (tertiary alicyclic amines) is 1. The Morgan fingerprint density at radius 3 is 2.43 bits per heavy atom. The normalized spacial score (nSPS) is 16.2. The molecule has 0 atom stereocenters. The first kappa shape index (κ1) is 21.1. The zero-order valence-corrected chi connectivity index (χ0v) is 17.7. The van der Waals surface area contributed by atoms with Crippen LogP contribution >= 0.6 is 11.6 Å². The van der Waals surface area contributed by atoms with Gasteiger partial charge in [0, 0.05) is 18.1 Å². The Bertz CT molecular complexity index is 863. The van der Waals surface area contributed by atoms with E-state index in [0.29, 0.717) is 24.8 Å².